The molecular weight excluding hydrogens is 288 g/mol. The minimum atomic E-state index is 0.134. The van der Waals surface area contributed by atoms with Gasteiger partial charge in [0, 0.05) is 13.0 Å². The van der Waals surface area contributed by atoms with Gasteiger partial charge in [-0.15, -0.1) is 0 Å². The summed E-state index contributed by atoms with van der Waals surface area (Å²) in [6.07, 6.45) is 2.60. The van der Waals surface area contributed by atoms with Crippen LogP contribution in [0.5, 0.6) is 5.75 Å². The van der Waals surface area contributed by atoms with Gasteiger partial charge in [-0.1, -0.05) is 32.9 Å². The minimum Gasteiger partial charge on any atom is -0.497 e. The van der Waals surface area contributed by atoms with Gasteiger partial charge in [-0.3, -0.25) is 4.79 Å². The van der Waals surface area contributed by atoms with Crippen LogP contribution >= 0.6 is 0 Å². The summed E-state index contributed by atoms with van der Waals surface area (Å²) >= 11 is 0. The zero-order chi connectivity index (χ0) is 17.5. The number of likely N-dealkylation sites (N-methyl/N-ethyl adjacent to an activating group) is 1. The van der Waals surface area contributed by atoms with E-state index in [1.807, 2.05) is 26.2 Å². The van der Waals surface area contributed by atoms with Crippen molar-refractivity contribution in [1.29, 1.82) is 0 Å². The lowest BCUT2D eigenvalue weighted by Crippen LogP contribution is -2.34. The zero-order valence-corrected chi connectivity index (χ0v) is 15.5. The average Bonchev–Trinajstić information content (AvgIpc) is 2.46. The third kappa shape index (κ3) is 7.51. The molecule has 1 unspecified atom stereocenters. The molecule has 0 saturated heterocycles. The molecule has 0 spiro atoms. The predicted molar refractivity (Wildman–Crippen MR) is 95.7 cm³/mol. The van der Waals surface area contributed by atoms with Gasteiger partial charge in [-0.25, -0.2) is 0 Å². The van der Waals surface area contributed by atoms with Crippen molar-refractivity contribution in [3.05, 3.63) is 29.8 Å². The van der Waals surface area contributed by atoms with Crippen LogP contribution in [-0.2, 0) is 4.79 Å². The largest absolute Gasteiger partial charge is 0.497 e. The molecule has 0 bridgehead atoms. The van der Waals surface area contributed by atoms with Crippen LogP contribution in [0.25, 0.3) is 0 Å². The van der Waals surface area contributed by atoms with Crippen LogP contribution in [0.2, 0.25) is 0 Å². The van der Waals surface area contributed by atoms with Crippen LogP contribution in [0.3, 0.4) is 0 Å². The molecule has 0 aliphatic heterocycles. The molecule has 1 aromatic rings. The quantitative estimate of drug-likeness (QED) is 0.795. The van der Waals surface area contributed by atoms with E-state index in [-0.39, 0.29) is 17.4 Å². The molecular formula is C19H32N2O2. The number of benzene rings is 1. The van der Waals surface area contributed by atoms with Crippen molar-refractivity contribution >= 4 is 5.91 Å². The number of ether oxygens (including phenoxy) is 1. The van der Waals surface area contributed by atoms with Crippen LogP contribution in [-0.4, -0.2) is 38.6 Å². The van der Waals surface area contributed by atoms with Gasteiger partial charge in [0.2, 0.25) is 5.91 Å². The van der Waals surface area contributed by atoms with E-state index in [0.29, 0.717) is 13.0 Å². The highest BCUT2D eigenvalue weighted by molar-refractivity contribution is 5.75. The van der Waals surface area contributed by atoms with Crippen molar-refractivity contribution in [3.63, 3.8) is 0 Å². The van der Waals surface area contributed by atoms with Crippen LogP contribution in [0.15, 0.2) is 24.3 Å². The smallest absolute Gasteiger partial charge is 0.220 e. The second-order valence-electron chi connectivity index (χ2n) is 7.47. The lowest BCUT2D eigenvalue weighted by molar-refractivity contribution is -0.121. The first-order valence-corrected chi connectivity index (χ1v) is 8.30. The molecule has 0 heterocycles. The number of carbonyl (C=O) groups is 1. The molecule has 1 rings (SSSR count). The van der Waals surface area contributed by atoms with Crippen LogP contribution in [0.1, 0.15) is 51.6 Å². The Morgan fingerprint density at radius 1 is 1.22 bits per heavy atom. The highest BCUT2D eigenvalue weighted by Gasteiger charge is 2.16. The second kappa shape index (κ2) is 8.92. The van der Waals surface area contributed by atoms with E-state index >= 15 is 0 Å². The first kappa shape index (κ1) is 19.5. The van der Waals surface area contributed by atoms with Crippen molar-refractivity contribution in [2.75, 3.05) is 27.7 Å². The summed E-state index contributed by atoms with van der Waals surface area (Å²) in [7, 11) is 5.72. The van der Waals surface area contributed by atoms with E-state index in [0.717, 1.165) is 18.6 Å². The Morgan fingerprint density at radius 2 is 1.83 bits per heavy atom. The lowest BCUT2D eigenvalue weighted by atomic mass is 9.90. The summed E-state index contributed by atoms with van der Waals surface area (Å²) in [5.74, 6) is 0.979. The molecule has 0 saturated carbocycles. The fraction of sp³-hybridized carbons (Fsp3) is 0.632. The number of rotatable bonds is 8. The Labute approximate surface area is 141 Å². The van der Waals surface area contributed by atoms with E-state index in [2.05, 4.69) is 43.1 Å². The van der Waals surface area contributed by atoms with E-state index < -0.39 is 0 Å². The number of nitrogens with one attached hydrogen (secondary N) is 1. The standard InChI is InChI=1S/C19H32N2O2/c1-19(2,3)13-7-8-18(22)20-14-17(21(4)5)15-9-11-16(23-6)12-10-15/h9-12,17H,7-8,13-14H2,1-6H3,(H,20,22). The van der Waals surface area contributed by atoms with Gasteiger partial charge in [-0.2, -0.15) is 0 Å². The lowest BCUT2D eigenvalue weighted by Gasteiger charge is -2.25. The van der Waals surface area contributed by atoms with Gasteiger partial charge in [-0.05, 0) is 50.0 Å². The Hall–Kier alpha value is -1.55. The van der Waals surface area contributed by atoms with Crippen LogP contribution < -0.4 is 10.1 Å². The highest BCUT2D eigenvalue weighted by Crippen LogP contribution is 2.22. The molecule has 0 aliphatic carbocycles. The summed E-state index contributed by atoms with van der Waals surface area (Å²) in [5.41, 5.74) is 1.46. The molecule has 0 fully saturated rings. The van der Waals surface area contributed by atoms with Gasteiger partial charge >= 0.3 is 0 Å². The fourth-order valence-electron chi connectivity index (χ4n) is 2.50. The molecule has 1 atom stereocenters. The number of hydrogen-bond donors (Lipinski definition) is 1. The van der Waals surface area contributed by atoms with Gasteiger partial charge < -0.3 is 15.0 Å². The van der Waals surface area contributed by atoms with Crippen LogP contribution in [0, 0.1) is 5.41 Å². The van der Waals surface area contributed by atoms with Crippen LogP contribution in [0.4, 0.5) is 0 Å². The first-order valence-electron chi connectivity index (χ1n) is 8.30. The van der Waals surface area contributed by atoms with Crippen molar-refractivity contribution in [1.82, 2.24) is 10.2 Å². The Kier molecular flexibility index (Phi) is 7.56. The van der Waals surface area contributed by atoms with Gasteiger partial charge in [0.05, 0.1) is 13.2 Å². The summed E-state index contributed by atoms with van der Waals surface area (Å²) < 4.78 is 5.20. The van der Waals surface area contributed by atoms with Crippen molar-refractivity contribution in [2.24, 2.45) is 5.41 Å². The SMILES string of the molecule is COc1ccc(C(CNC(=O)CCCC(C)(C)C)N(C)C)cc1. The third-order valence-corrected chi connectivity index (χ3v) is 3.95. The van der Waals surface area contributed by atoms with Crippen molar-refractivity contribution in [3.8, 4) is 5.75 Å². The summed E-state index contributed by atoms with van der Waals surface area (Å²) in [6.45, 7) is 7.23. The Morgan fingerprint density at radius 3 is 2.30 bits per heavy atom. The second-order valence-corrected chi connectivity index (χ2v) is 7.47. The Balaban J connectivity index is 2.51. The van der Waals surface area contributed by atoms with Crippen molar-refractivity contribution < 1.29 is 9.53 Å². The first-order chi connectivity index (χ1) is 10.7. The van der Waals surface area contributed by atoms with E-state index in [1.54, 1.807) is 7.11 Å². The maximum atomic E-state index is 12.0. The average molecular weight is 320 g/mol. The number of hydrogen-bond acceptors (Lipinski definition) is 3. The van der Waals surface area contributed by atoms with Crippen molar-refractivity contribution in [2.45, 2.75) is 46.1 Å². The number of methoxy groups -OCH3 is 1. The fourth-order valence-corrected chi connectivity index (χ4v) is 2.50. The van der Waals surface area contributed by atoms with E-state index in [4.69, 9.17) is 4.74 Å². The topological polar surface area (TPSA) is 41.6 Å². The molecule has 0 aromatic heterocycles. The molecule has 1 aromatic carbocycles. The van der Waals surface area contributed by atoms with E-state index in [1.165, 1.54) is 5.56 Å². The summed E-state index contributed by atoms with van der Waals surface area (Å²) in [4.78, 5) is 14.2. The maximum Gasteiger partial charge on any atom is 0.220 e. The number of nitrogens with zero attached hydrogens (tertiary/aromatic N) is 1. The third-order valence-electron chi connectivity index (χ3n) is 3.95. The maximum absolute atomic E-state index is 12.0. The van der Waals surface area contributed by atoms with E-state index in [9.17, 15) is 4.79 Å². The van der Waals surface area contributed by atoms with Gasteiger partial charge in [0.25, 0.3) is 0 Å². The highest BCUT2D eigenvalue weighted by atomic mass is 16.5. The summed E-state index contributed by atoms with van der Waals surface area (Å²) in [6, 6.07) is 8.17. The molecule has 4 heteroatoms. The minimum absolute atomic E-state index is 0.134. The van der Waals surface area contributed by atoms with Gasteiger partial charge in [0.1, 0.15) is 5.75 Å². The number of amides is 1. The molecule has 23 heavy (non-hydrogen) atoms. The zero-order valence-electron chi connectivity index (χ0n) is 15.5. The summed E-state index contributed by atoms with van der Waals surface area (Å²) in [5, 5.41) is 3.07. The molecule has 130 valence electrons. The molecule has 0 radical (unpaired) electrons. The molecule has 1 amide bonds. The monoisotopic (exact) mass is 320 g/mol. The Bertz CT molecular complexity index is 475. The number of carbonyl (C=O) groups excluding carboxylic acids is 1. The molecule has 1 N–H and O–H groups in total. The molecule has 0 aliphatic rings. The molecule has 4 nitrogen and oxygen atoms in total. The normalized spacial score (nSPS) is 13.0. The van der Waals surface area contributed by atoms with Gasteiger partial charge in [0.15, 0.2) is 0 Å². The predicted octanol–water partition coefficient (Wildman–Crippen LogP) is 3.63.